The minimum absolute atomic E-state index is 0.216. The molecule has 2 aromatic carbocycles. The van der Waals surface area contributed by atoms with E-state index in [4.69, 9.17) is 18.9 Å². The lowest BCUT2D eigenvalue weighted by Gasteiger charge is -2.34. The van der Waals surface area contributed by atoms with Gasteiger partial charge in [0.05, 0.1) is 0 Å². The molecule has 2 bridgehead atoms. The lowest BCUT2D eigenvalue weighted by atomic mass is 10.1. The maximum Gasteiger partial charge on any atom is 0.308 e. The van der Waals surface area contributed by atoms with Crippen LogP contribution in [0.2, 0.25) is 0 Å². The SMILES string of the molecule is CC(=O)Oc1ccc(CN2CC3CC2CN3Cc2ccc(OC(C)=O)c(OC(C)=O)c2)cc1OC(C)=O. The molecule has 2 atom stereocenters. The van der Waals surface area contributed by atoms with Crippen LogP contribution in [0, 0.1) is 0 Å². The summed E-state index contributed by atoms with van der Waals surface area (Å²) in [6.45, 7) is 8.31. The van der Waals surface area contributed by atoms with E-state index in [0.717, 1.165) is 30.6 Å². The molecule has 0 N–H and O–H groups in total. The number of rotatable bonds is 8. The Kier molecular flexibility index (Phi) is 7.89. The van der Waals surface area contributed by atoms with Gasteiger partial charge in [0.15, 0.2) is 23.0 Å². The lowest BCUT2D eigenvalue weighted by Crippen LogP contribution is -2.45. The first-order valence-corrected chi connectivity index (χ1v) is 12.0. The fraction of sp³-hybridized carbons (Fsp3) is 0.407. The molecule has 0 aliphatic carbocycles. The molecule has 0 aromatic heterocycles. The molecule has 2 fully saturated rings. The summed E-state index contributed by atoms with van der Waals surface area (Å²) in [7, 11) is 0. The summed E-state index contributed by atoms with van der Waals surface area (Å²) in [6, 6.07) is 11.3. The number of esters is 4. The van der Waals surface area contributed by atoms with Crippen LogP contribution >= 0.6 is 0 Å². The fourth-order valence-corrected chi connectivity index (χ4v) is 4.94. The number of hydrogen-bond acceptors (Lipinski definition) is 10. The van der Waals surface area contributed by atoms with Crippen molar-refractivity contribution >= 4 is 23.9 Å². The van der Waals surface area contributed by atoms with Crippen LogP contribution < -0.4 is 18.9 Å². The van der Waals surface area contributed by atoms with Crippen molar-refractivity contribution < 1.29 is 38.1 Å². The summed E-state index contributed by atoms with van der Waals surface area (Å²) in [5.74, 6) is -1.06. The molecule has 10 heteroatoms. The van der Waals surface area contributed by atoms with Gasteiger partial charge >= 0.3 is 23.9 Å². The van der Waals surface area contributed by atoms with Crippen molar-refractivity contribution in [1.82, 2.24) is 9.80 Å². The van der Waals surface area contributed by atoms with Crippen LogP contribution in [0.25, 0.3) is 0 Å². The van der Waals surface area contributed by atoms with E-state index in [9.17, 15) is 19.2 Å². The van der Waals surface area contributed by atoms with Crippen LogP contribution in [-0.4, -0.2) is 58.9 Å². The summed E-state index contributed by atoms with van der Waals surface area (Å²) in [5, 5.41) is 0. The second-order valence-electron chi connectivity index (χ2n) is 9.34. The van der Waals surface area contributed by atoms with E-state index in [1.54, 1.807) is 24.3 Å². The van der Waals surface area contributed by atoms with Crippen LogP contribution in [-0.2, 0) is 32.3 Å². The minimum Gasteiger partial charge on any atom is -0.423 e. The molecule has 0 radical (unpaired) electrons. The molecule has 2 heterocycles. The zero-order valence-electron chi connectivity index (χ0n) is 21.3. The van der Waals surface area contributed by atoms with E-state index in [1.807, 2.05) is 12.1 Å². The molecule has 0 spiro atoms. The van der Waals surface area contributed by atoms with Crippen LogP contribution in [0.3, 0.4) is 0 Å². The highest BCUT2D eigenvalue weighted by Gasteiger charge is 2.42. The first-order chi connectivity index (χ1) is 17.6. The average Bonchev–Trinajstić information content (AvgIpc) is 3.36. The predicted molar refractivity (Wildman–Crippen MR) is 131 cm³/mol. The number of fused-ring (bicyclic) bond motifs is 2. The first-order valence-electron chi connectivity index (χ1n) is 12.0. The Labute approximate surface area is 215 Å². The van der Waals surface area contributed by atoms with Gasteiger partial charge in [-0.15, -0.1) is 0 Å². The monoisotopic (exact) mass is 510 g/mol. The Morgan fingerprint density at radius 3 is 1.30 bits per heavy atom. The van der Waals surface area contributed by atoms with Gasteiger partial charge in [-0.1, -0.05) is 12.1 Å². The van der Waals surface area contributed by atoms with Crippen LogP contribution in [0.15, 0.2) is 36.4 Å². The fourth-order valence-electron chi connectivity index (χ4n) is 4.94. The van der Waals surface area contributed by atoms with Gasteiger partial charge in [-0.05, 0) is 41.8 Å². The molecule has 196 valence electrons. The predicted octanol–water partition coefficient (Wildman–Crippen LogP) is 2.85. The van der Waals surface area contributed by atoms with Gasteiger partial charge in [-0.3, -0.25) is 29.0 Å². The second kappa shape index (κ2) is 11.1. The van der Waals surface area contributed by atoms with Crippen LogP contribution in [0.5, 0.6) is 23.0 Å². The Morgan fingerprint density at radius 2 is 0.973 bits per heavy atom. The minimum atomic E-state index is -0.487. The van der Waals surface area contributed by atoms with Crippen molar-refractivity contribution in [2.24, 2.45) is 0 Å². The van der Waals surface area contributed by atoms with Gasteiger partial charge in [0.25, 0.3) is 0 Å². The summed E-state index contributed by atoms with van der Waals surface area (Å²) in [4.78, 5) is 50.6. The van der Waals surface area contributed by atoms with Gasteiger partial charge in [0, 0.05) is 66.0 Å². The topological polar surface area (TPSA) is 112 Å². The molecule has 2 unspecified atom stereocenters. The maximum absolute atomic E-state index is 11.5. The van der Waals surface area contributed by atoms with E-state index in [2.05, 4.69) is 9.80 Å². The molecule has 4 rings (SSSR count). The zero-order chi connectivity index (χ0) is 26.7. The van der Waals surface area contributed by atoms with E-state index >= 15 is 0 Å². The molecule has 0 saturated carbocycles. The highest BCUT2D eigenvalue weighted by molar-refractivity contribution is 5.74. The smallest absolute Gasteiger partial charge is 0.308 e. The number of benzene rings is 2. The molecule has 2 aliphatic rings. The standard InChI is InChI=1S/C27H30N2O8/c1-16(30)34-24-7-5-20(9-26(24)36-18(3)32)12-28-14-23-11-22(28)15-29(23)13-21-6-8-25(35-17(2)31)27(10-21)37-19(4)33/h5-10,22-23H,11-15H2,1-4H3. The molecule has 37 heavy (non-hydrogen) atoms. The van der Waals surface area contributed by atoms with Crippen LogP contribution in [0.4, 0.5) is 0 Å². The Bertz CT molecular complexity index is 1130. The molecule has 0 amide bonds. The summed E-state index contributed by atoms with van der Waals surface area (Å²) in [6.07, 6.45) is 1.03. The quantitative estimate of drug-likeness (QED) is 0.388. The van der Waals surface area contributed by atoms with Gasteiger partial charge in [0.2, 0.25) is 0 Å². The molecule has 2 saturated heterocycles. The maximum atomic E-state index is 11.5. The van der Waals surface area contributed by atoms with E-state index in [1.165, 1.54) is 27.7 Å². The zero-order valence-corrected chi connectivity index (χ0v) is 21.3. The molecular weight excluding hydrogens is 480 g/mol. The third-order valence-corrected chi connectivity index (χ3v) is 6.27. The summed E-state index contributed by atoms with van der Waals surface area (Å²) < 4.78 is 20.8. The van der Waals surface area contributed by atoms with Crippen LogP contribution in [0.1, 0.15) is 45.2 Å². The molecule has 10 nitrogen and oxygen atoms in total. The number of hydrogen-bond donors (Lipinski definition) is 0. The lowest BCUT2D eigenvalue weighted by molar-refractivity contribution is -0.134. The number of ether oxygens (including phenoxy) is 4. The van der Waals surface area contributed by atoms with E-state index in [-0.39, 0.29) is 23.0 Å². The molecule has 2 aliphatic heterocycles. The Hall–Kier alpha value is -3.76. The van der Waals surface area contributed by atoms with Crippen molar-refractivity contribution in [3.05, 3.63) is 47.5 Å². The van der Waals surface area contributed by atoms with Gasteiger partial charge < -0.3 is 18.9 Å². The number of likely N-dealkylation sites (tertiary alicyclic amines) is 2. The van der Waals surface area contributed by atoms with E-state index in [0.29, 0.717) is 25.2 Å². The first kappa shape index (κ1) is 26.3. The number of nitrogens with zero attached hydrogens (tertiary/aromatic N) is 2. The normalized spacial score (nSPS) is 18.9. The van der Waals surface area contributed by atoms with Crippen molar-refractivity contribution in [2.75, 3.05) is 13.1 Å². The van der Waals surface area contributed by atoms with Crippen molar-refractivity contribution in [3.8, 4) is 23.0 Å². The van der Waals surface area contributed by atoms with Crippen molar-refractivity contribution in [2.45, 2.75) is 59.3 Å². The largest absolute Gasteiger partial charge is 0.423 e. The third kappa shape index (κ3) is 6.72. The van der Waals surface area contributed by atoms with E-state index < -0.39 is 23.9 Å². The molecule has 2 aromatic rings. The molecular formula is C27H30N2O8. The van der Waals surface area contributed by atoms with Gasteiger partial charge in [-0.2, -0.15) is 0 Å². The Balaban J connectivity index is 1.40. The van der Waals surface area contributed by atoms with Gasteiger partial charge in [-0.25, -0.2) is 0 Å². The summed E-state index contributed by atoms with van der Waals surface area (Å²) >= 11 is 0. The Morgan fingerprint density at radius 1 is 0.622 bits per heavy atom. The van der Waals surface area contributed by atoms with Crippen molar-refractivity contribution in [1.29, 1.82) is 0 Å². The highest BCUT2D eigenvalue weighted by Crippen LogP contribution is 2.36. The van der Waals surface area contributed by atoms with Gasteiger partial charge in [0.1, 0.15) is 0 Å². The summed E-state index contributed by atoms with van der Waals surface area (Å²) in [5.41, 5.74) is 1.91. The number of piperazine rings is 1. The second-order valence-corrected chi connectivity index (χ2v) is 9.34. The average molecular weight is 511 g/mol. The third-order valence-electron chi connectivity index (χ3n) is 6.27. The number of carbonyl (C=O) groups excluding carboxylic acids is 4. The highest BCUT2D eigenvalue weighted by atomic mass is 16.6. The van der Waals surface area contributed by atoms with Crippen molar-refractivity contribution in [3.63, 3.8) is 0 Å². The number of carbonyl (C=O) groups is 4.